The van der Waals surface area contributed by atoms with Crippen LogP contribution in [0, 0.1) is 5.92 Å². The van der Waals surface area contributed by atoms with Gasteiger partial charge in [0.15, 0.2) is 0 Å². The first kappa shape index (κ1) is 19.1. The molecular formula is C14H30N2OS2. The minimum absolute atomic E-state index is 0.151. The van der Waals surface area contributed by atoms with Crippen LogP contribution in [0.3, 0.4) is 0 Å². The number of amides is 1. The molecule has 5 heteroatoms. The van der Waals surface area contributed by atoms with Crippen LogP contribution in [0.5, 0.6) is 0 Å². The molecule has 3 nitrogen and oxygen atoms in total. The van der Waals surface area contributed by atoms with Crippen LogP contribution in [0.15, 0.2) is 0 Å². The highest BCUT2D eigenvalue weighted by atomic mass is 33.1. The molecular weight excluding hydrogens is 276 g/mol. The number of hydrogen-bond donors (Lipinski definition) is 2. The van der Waals surface area contributed by atoms with Gasteiger partial charge in [-0.1, -0.05) is 56.2 Å². The van der Waals surface area contributed by atoms with E-state index in [1.165, 1.54) is 6.42 Å². The Bertz CT molecular complexity index is 240. The highest BCUT2D eigenvalue weighted by Gasteiger charge is 2.10. The lowest BCUT2D eigenvalue weighted by molar-refractivity contribution is -0.120. The van der Waals surface area contributed by atoms with Crippen molar-refractivity contribution >= 4 is 27.5 Å². The summed E-state index contributed by atoms with van der Waals surface area (Å²) < 4.78 is 0.287. The number of nitrogens with one attached hydrogen (secondary N) is 2. The molecule has 19 heavy (non-hydrogen) atoms. The Hall–Kier alpha value is 0.130. The molecule has 0 saturated heterocycles. The smallest absolute Gasteiger partial charge is 0.221 e. The Morgan fingerprint density at radius 3 is 2.42 bits per heavy atom. The molecule has 2 N–H and O–H groups in total. The molecule has 0 bridgehead atoms. The van der Waals surface area contributed by atoms with E-state index in [2.05, 4.69) is 45.3 Å². The fourth-order valence-corrected chi connectivity index (χ4v) is 3.44. The van der Waals surface area contributed by atoms with E-state index in [-0.39, 0.29) is 10.7 Å². The molecule has 0 aliphatic carbocycles. The van der Waals surface area contributed by atoms with Crippen molar-refractivity contribution in [2.24, 2.45) is 5.92 Å². The predicted molar refractivity (Wildman–Crippen MR) is 89.8 cm³/mol. The Balaban J connectivity index is 3.31. The zero-order valence-corrected chi connectivity index (χ0v) is 14.7. The summed E-state index contributed by atoms with van der Waals surface area (Å²) in [6.07, 6.45) is 1.75. The van der Waals surface area contributed by atoms with Gasteiger partial charge in [-0.25, -0.2) is 0 Å². The summed E-state index contributed by atoms with van der Waals surface area (Å²) in [7, 11) is 3.69. The van der Waals surface area contributed by atoms with Crippen molar-refractivity contribution in [3.8, 4) is 0 Å². The van der Waals surface area contributed by atoms with Gasteiger partial charge in [0.25, 0.3) is 0 Å². The fraction of sp³-hybridized carbons (Fsp3) is 0.929. The minimum atomic E-state index is 0.151. The average Bonchev–Trinajstić information content (AvgIpc) is 2.26. The van der Waals surface area contributed by atoms with E-state index in [1.807, 2.05) is 21.6 Å². The van der Waals surface area contributed by atoms with Gasteiger partial charge >= 0.3 is 0 Å². The number of carbonyl (C=O) groups excluding carboxylic acids is 1. The van der Waals surface area contributed by atoms with Gasteiger partial charge < -0.3 is 10.6 Å². The van der Waals surface area contributed by atoms with Crippen LogP contribution in [0.1, 0.15) is 47.5 Å². The van der Waals surface area contributed by atoms with Crippen LogP contribution in [0.25, 0.3) is 0 Å². The molecule has 0 rings (SSSR count). The molecule has 0 saturated carbocycles. The molecule has 0 fully saturated rings. The van der Waals surface area contributed by atoms with Gasteiger partial charge in [0.1, 0.15) is 0 Å². The topological polar surface area (TPSA) is 41.1 Å². The molecule has 0 spiro atoms. The van der Waals surface area contributed by atoms with E-state index >= 15 is 0 Å². The van der Waals surface area contributed by atoms with Gasteiger partial charge in [0.05, 0.1) is 0 Å². The summed E-state index contributed by atoms with van der Waals surface area (Å²) >= 11 is 0. The first-order valence-electron chi connectivity index (χ1n) is 7.09. The summed E-state index contributed by atoms with van der Waals surface area (Å²) in [5.74, 6) is 1.84. The summed E-state index contributed by atoms with van der Waals surface area (Å²) in [5.41, 5.74) is 0. The molecule has 0 heterocycles. The number of hydrogen-bond acceptors (Lipinski definition) is 4. The molecule has 0 unspecified atom stereocenters. The summed E-state index contributed by atoms with van der Waals surface area (Å²) in [4.78, 5) is 11.5. The van der Waals surface area contributed by atoms with Gasteiger partial charge in [-0.2, -0.15) is 0 Å². The standard InChI is InChI=1S/C14H30N2OS2/c1-12(2)6-8-15-9-7-13(17)16-10-11-18-19-14(3,4)5/h12,15H,6-11H2,1-5H3,(H,16,17). The van der Waals surface area contributed by atoms with Crippen molar-refractivity contribution in [2.45, 2.75) is 52.2 Å². The van der Waals surface area contributed by atoms with Gasteiger partial charge in [0.2, 0.25) is 5.91 Å². The maximum atomic E-state index is 11.5. The molecule has 0 aromatic heterocycles. The van der Waals surface area contributed by atoms with E-state index in [0.717, 1.165) is 31.3 Å². The molecule has 0 aliphatic rings. The van der Waals surface area contributed by atoms with Gasteiger partial charge in [-0.3, -0.25) is 4.79 Å². The number of rotatable bonds is 10. The van der Waals surface area contributed by atoms with E-state index in [1.54, 1.807) is 0 Å². The molecule has 1 amide bonds. The van der Waals surface area contributed by atoms with Crippen molar-refractivity contribution < 1.29 is 4.79 Å². The highest BCUT2D eigenvalue weighted by Crippen LogP contribution is 2.34. The largest absolute Gasteiger partial charge is 0.355 e. The van der Waals surface area contributed by atoms with Crippen LogP contribution >= 0.6 is 21.6 Å². The third kappa shape index (κ3) is 16.1. The van der Waals surface area contributed by atoms with Crippen LogP contribution in [0.2, 0.25) is 0 Å². The molecule has 114 valence electrons. The fourth-order valence-electron chi connectivity index (χ4n) is 1.26. The van der Waals surface area contributed by atoms with Crippen LogP contribution < -0.4 is 10.6 Å². The number of carbonyl (C=O) groups is 1. The maximum absolute atomic E-state index is 11.5. The monoisotopic (exact) mass is 306 g/mol. The van der Waals surface area contributed by atoms with Gasteiger partial charge in [-0.15, -0.1) is 0 Å². The van der Waals surface area contributed by atoms with Gasteiger partial charge in [0, 0.05) is 30.0 Å². The quantitative estimate of drug-likeness (QED) is 0.480. The lowest BCUT2D eigenvalue weighted by Crippen LogP contribution is -2.29. The second-order valence-electron chi connectivity index (χ2n) is 6.05. The third-order valence-electron chi connectivity index (χ3n) is 2.24. The third-order valence-corrected chi connectivity index (χ3v) is 5.59. The second kappa shape index (κ2) is 10.9. The average molecular weight is 307 g/mol. The van der Waals surface area contributed by atoms with E-state index in [4.69, 9.17) is 0 Å². The Kier molecular flexibility index (Phi) is 10.9. The molecule has 0 aliphatic heterocycles. The van der Waals surface area contributed by atoms with Crippen molar-refractivity contribution in [3.63, 3.8) is 0 Å². The van der Waals surface area contributed by atoms with Crippen LogP contribution in [0.4, 0.5) is 0 Å². The second-order valence-corrected chi connectivity index (χ2v) is 9.29. The van der Waals surface area contributed by atoms with E-state index < -0.39 is 0 Å². The molecule has 0 aromatic carbocycles. The SMILES string of the molecule is CC(C)CCNCCC(=O)NCCSSC(C)(C)C. The first-order chi connectivity index (χ1) is 8.81. The lowest BCUT2D eigenvalue weighted by atomic mass is 10.1. The van der Waals surface area contributed by atoms with Gasteiger partial charge in [-0.05, 0) is 18.9 Å². The van der Waals surface area contributed by atoms with Crippen molar-refractivity contribution in [1.82, 2.24) is 10.6 Å². The summed E-state index contributed by atoms with van der Waals surface area (Å²) in [6, 6.07) is 0. The lowest BCUT2D eigenvalue weighted by Gasteiger charge is -2.16. The molecule has 0 atom stereocenters. The normalized spacial score (nSPS) is 11.9. The first-order valence-corrected chi connectivity index (χ1v) is 9.41. The van der Waals surface area contributed by atoms with Crippen molar-refractivity contribution in [2.75, 3.05) is 25.4 Å². The predicted octanol–water partition coefficient (Wildman–Crippen LogP) is 3.31. The van der Waals surface area contributed by atoms with E-state index in [9.17, 15) is 4.79 Å². The zero-order valence-electron chi connectivity index (χ0n) is 13.0. The van der Waals surface area contributed by atoms with Crippen molar-refractivity contribution in [1.29, 1.82) is 0 Å². The Morgan fingerprint density at radius 2 is 1.84 bits per heavy atom. The van der Waals surface area contributed by atoms with Crippen molar-refractivity contribution in [3.05, 3.63) is 0 Å². The summed E-state index contributed by atoms with van der Waals surface area (Å²) in [6.45, 7) is 13.6. The van der Waals surface area contributed by atoms with Crippen LogP contribution in [-0.4, -0.2) is 36.0 Å². The molecule has 0 radical (unpaired) electrons. The zero-order chi connectivity index (χ0) is 14.7. The minimum Gasteiger partial charge on any atom is -0.355 e. The maximum Gasteiger partial charge on any atom is 0.221 e. The summed E-state index contributed by atoms with van der Waals surface area (Å²) in [5, 5.41) is 6.25. The Labute approximate surface area is 126 Å². The van der Waals surface area contributed by atoms with E-state index in [0.29, 0.717) is 6.42 Å². The highest BCUT2D eigenvalue weighted by molar-refractivity contribution is 8.77. The Morgan fingerprint density at radius 1 is 1.16 bits per heavy atom. The molecule has 0 aromatic rings. The van der Waals surface area contributed by atoms with Crippen LogP contribution in [-0.2, 0) is 4.79 Å².